The van der Waals surface area contributed by atoms with Gasteiger partial charge in [0.15, 0.2) is 0 Å². The Morgan fingerprint density at radius 2 is 1.33 bits per heavy atom. The predicted octanol–water partition coefficient (Wildman–Crippen LogP) is 5.19. The van der Waals surface area contributed by atoms with Crippen molar-refractivity contribution in [3.63, 3.8) is 0 Å². The molecule has 0 fully saturated rings. The minimum absolute atomic E-state index is 1.24. The molecular formula is C18H18. The van der Waals surface area contributed by atoms with E-state index in [4.69, 9.17) is 0 Å². The molecule has 0 unspecified atom stereocenters. The summed E-state index contributed by atoms with van der Waals surface area (Å²) in [7, 11) is 0. The zero-order valence-corrected chi connectivity index (χ0v) is 10.9. The first-order valence-electron chi connectivity index (χ1n) is 6.23. The lowest BCUT2D eigenvalue weighted by Gasteiger charge is -2.02. The van der Waals surface area contributed by atoms with Crippen molar-refractivity contribution < 1.29 is 0 Å². The number of hydrogen-bond acceptors (Lipinski definition) is 0. The summed E-state index contributed by atoms with van der Waals surface area (Å²) in [6.07, 6.45) is 4.43. The SMILES string of the molecule is CC(=C\c1ccccc1)/C=C(\C)c1ccccc1. The van der Waals surface area contributed by atoms with E-state index in [0.29, 0.717) is 0 Å². The van der Waals surface area contributed by atoms with E-state index in [-0.39, 0.29) is 0 Å². The van der Waals surface area contributed by atoms with Crippen molar-refractivity contribution >= 4 is 11.6 Å². The van der Waals surface area contributed by atoms with E-state index in [1.807, 2.05) is 12.1 Å². The molecule has 0 nitrogen and oxygen atoms in total. The van der Waals surface area contributed by atoms with Crippen LogP contribution in [0.1, 0.15) is 25.0 Å². The molecule has 18 heavy (non-hydrogen) atoms. The Hall–Kier alpha value is -2.08. The fourth-order valence-electron chi connectivity index (χ4n) is 1.98. The van der Waals surface area contributed by atoms with Crippen LogP contribution in [0.3, 0.4) is 0 Å². The van der Waals surface area contributed by atoms with Gasteiger partial charge in [-0.05, 0) is 30.5 Å². The van der Waals surface area contributed by atoms with Crippen LogP contribution >= 0.6 is 0 Å². The van der Waals surface area contributed by atoms with E-state index in [9.17, 15) is 0 Å². The van der Waals surface area contributed by atoms with Crippen molar-refractivity contribution in [3.05, 3.63) is 83.4 Å². The molecule has 0 aliphatic rings. The Bertz CT molecular complexity index is 545. The van der Waals surface area contributed by atoms with Gasteiger partial charge < -0.3 is 0 Å². The highest BCUT2D eigenvalue weighted by atomic mass is 14.0. The third kappa shape index (κ3) is 3.46. The lowest BCUT2D eigenvalue weighted by atomic mass is 10.0. The van der Waals surface area contributed by atoms with Crippen molar-refractivity contribution in [2.45, 2.75) is 13.8 Å². The summed E-state index contributed by atoms with van der Waals surface area (Å²) in [5.74, 6) is 0. The van der Waals surface area contributed by atoms with Gasteiger partial charge in [0.05, 0.1) is 0 Å². The molecule has 2 rings (SSSR count). The highest BCUT2D eigenvalue weighted by Crippen LogP contribution is 2.16. The molecule has 0 N–H and O–H groups in total. The quantitative estimate of drug-likeness (QED) is 0.641. The van der Waals surface area contributed by atoms with Gasteiger partial charge in [0.25, 0.3) is 0 Å². The van der Waals surface area contributed by atoms with Crippen molar-refractivity contribution in [2.24, 2.45) is 0 Å². The third-order valence-corrected chi connectivity index (χ3v) is 2.87. The normalized spacial score (nSPS) is 12.6. The van der Waals surface area contributed by atoms with Crippen LogP contribution in [0, 0.1) is 0 Å². The molecular weight excluding hydrogens is 216 g/mol. The van der Waals surface area contributed by atoms with Crippen molar-refractivity contribution in [2.75, 3.05) is 0 Å². The zero-order chi connectivity index (χ0) is 12.8. The minimum Gasteiger partial charge on any atom is -0.0622 e. The molecule has 0 saturated carbocycles. The van der Waals surface area contributed by atoms with Crippen LogP contribution in [0.15, 0.2) is 72.3 Å². The van der Waals surface area contributed by atoms with Crippen LogP contribution in [0.5, 0.6) is 0 Å². The fraction of sp³-hybridized carbons (Fsp3) is 0.111. The van der Waals surface area contributed by atoms with Crippen molar-refractivity contribution in [1.29, 1.82) is 0 Å². The smallest absolute Gasteiger partial charge is 0.0227 e. The first-order valence-corrected chi connectivity index (χ1v) is 6.23. The predicted molar refractivity (Wildman–Crippen MR) is 80.2 cm³/mol. The van der Waals surface area contributed by atoms with Crippen LogP contribution in [0.4, 0.5) is 0 Å². The Balaban J connectivity index is 2.21. The van der Waals surface area contributed by atoms with Gasteiger partial charge in [-0.2, -0.15) is 0 Å². The van der Waals surface area contributed by atoms with E-state index in [2.05, 4.69) is 74.5 Å². The van der Waals surface area contributed by atoms with Crippen LogP contribution in [-0.2, 0) is 0 Å². The molecule has 0 atom stereocenters. The standard InChI is InChI=1S/C18H18/c1-15(14-17-9-5-3-6-10-17)13-16(2)18-11-7-4-8-12-18/h3-14H,1-2H3/b15-14+,16-13+. The van der Waals surface area contributed by atoms with Crippen LogP contribution in [0.2, 0.25) is 0 Å². The number of hydrogen-bond donors (Lipinski definition) is 0. The molecule has 0 aromatic heterocycles. The number of allylic oxidation sites excluding steroid dienone is 3. The van der Waals surface area contributed by atoms with Crippen LogP contribution in [-0.4, -0.2) is 0 Å². The van der Waals surface area contributed by atoms with E-state index in [1.54, 1.807) is 0 Å². The lowest BCUT2D eigenvalue weighted by Crippen LogP contribution is -1.80. The highest BCUT2D eigenvalue weighted by Gasteiger charge is 1.94. The van der Waals surface area contributed by atoms with E-state index < -0.39 is 0 Å². The van der Waals surface area contributed by atoms with Gasteiger partial charge in [-0.25, -0.2) is 0 Å². The van der Waals surface area contributed by atoms with Crippen LogP contribution < -0.4 is 0 Å². The Labute approximate surface area is 109 Å². The molecule has 0 heterocycles. The van der Waals surface area contributed by atoms with Gasteiger partial charge in [0.2, 0.25) is 0 Å². The van der Waals surface area contributed by atoms with Crippen LogP contribution in [0.25, 0.3) is 11.6 Å². The topological polar surface area (TPSA) is 0 Å². The molecule has 0 heteroatoms. The molecule has 0 aliphatic carbocycles. The molecule has 0 aliphatic heterocycles. The summed E-state index contributed by atoms with van der Waals surface area (Å²) in [4.78, 5) is 0. The summed E-state index contributed by atoms with van der Waals surface area (Å²) in [5.41, 5.74) is 5.08. The molecule has 0 bridgehead atoms. The summed E-state index contributed by atoms with van der Waals surface area (Å²) >= 11 is 0. The van der Waals surface area contributed by atoms with Gasteiger partial charge in [-0.3, -0.25) is 0 Å². The Morgan fingerprint density at radius 1 is 0.778 bits per heavy atom. The van der Waals surface area contributed by atoms with Crippen molar-refractivity contribution in [1.82, 2.24) is 0 Å². The Kier molecular flexibility index (Phi) is 4.14. The summed E-state index contributed by atoms with van der Waals surface area (Å²) < 4.78 is 0. The van der Waals surface area contributed by atoms with Gasteiger partial charge in [-0.15, -0.1) is 0 Å². The van der Waals surface area contributed by atoms with Gasteiger partial charge in [0, 0.05) is 0 Å². The first kappa shape index (κ1) is 12.4. The second-order valence-electron chi connectivity index (χ2n) is 4.49. The number of rotatable bonds is 3. The molecule has 2 aromatic rings. The molecule has 0 amide bonds. The summed E-state index contributed by atoms with van der Waals surface area (Å²) in [6.45, 7) is 4.29. The summed E-state index contributed by atoms with van der Waals surface area (Å²) in [5, 5.41) is 0. The largest absolute Gasteiger partial charge is 0.0622 e. The summed E-state index contributed by atoms with van der Waals surface area (Å²) in [6, 6.07) is 20.9. The second kappa shape index (κ2) is 6.02. The highest BCUT2D eigenvalue weighted by molar-refractivity contribution is 5.69. The average Bonchev–Trinajstić information content (AvgIpc) is 2.40. The monoisotopic (exact) mass is 234 g/mol. The molecule has 2 aromatic carbocycles. The molecule has 0 spiro atoms. The zero-order valence-electron chi connectivity index (χ0n) is 10.9. The maximum absolute atomic E-state index is 2.22. The lowest BCUT2D eigenvalue weighted by molar-refractivity contribution is 1.50. The van der Waals surface area contributed by atoms with Gasteiger partial charge in [0.1, 0.15) is 0 Å². The van der Waals surface area contributed by atoms with Gasteiger partial charge in [-0.1, -0.05) is 78.4 Å². The Morgan fingerprint density at radius 3 is 1.94 bits per heavy atom. The average molecular weight is 234 g/mol. The van der Waals surface area contributed by atoms with E-state index in [1.165, 1.54) is 22.3 Å². The number of benzene rings is 2. The first-order chi connectivity index (χ1) is 8.75. The molecule has 0 saturated heterocycles. The molecule has 0 radical (unpaired) electrons. The van der Waals surface area contributed by atoms with Gasteiger partial charge >= 0.3 is 0 Å². The van der Waals surface area contributed by atoms with E-state index in [0.717, 1.165) is 0 Å². The maximum Gasteiger partial charge on any atom is -0.0227 e. The minimum atomic E-state index is 1.24. The van der Waals surface area contributed by atoms with E-state index >= 15 is 0 Å². The maximum atomic E-state index is 2.22. The third-order valence-electron chi connectivity index (χ3n) is 2.87. The fourth-order valence-corrected chi connectivity index (χ4v) is 1.98. The van der Waals surface area contributed by atoms with Crippen molar-refractivity contribution in [3.8, 4) is 0 Å². The molecule has 90 valence electrons. The second-order valence-corrected chi connectivity index (χ2v) is 4.49.